The number of amides is 2. The normalized spacial score (nSPS) is 11.4. The Kier molecular flexibility index (Phi) is 11.6. The Balaban J connectivity index is 2.02. The first-order valence-corrected chi connectivity index (χ1v) is 13.2. The summed E-state index contributed by atoms with van der Waals surface area (Å²) in [4.78, 5) is 37.7. The fourth-order valence-corrected chi connectivity index (χ4v) is 3.90. The fraction of sp³-hybridized carbons (Fsp3) is 0.133. The molecule has 0 aliphatic heterocycles. The Hall–Kier alpha value is -5.50. The van der Waals surface area contributed by atoms with Crippen LogP contribution in [0.1, 0.15) is 27.5 Å². The molecule has 0 spiro atoms. The predicted molar refractivity (Wildman–Crippen MR) is 160 cm³/mol. The number of nitrogens with one attached hydrogen (secondary N) is 4. The van der Waals surface area contributed by atoms with Gasteiger partial charge >= 0.3 is 12.1 Å². The third kappa shape index (κ3) is 9.24. The van der Waals surface area contributed by atoms with Gasteiger partial charge in [0, 0.05) is 11.8 Å². The van der Waals surface area contributed by atoms with Gasteiger partial charge in [-0.1, -0.05) is 55.1 Å². The maximum Gasteiger partial charge on any atom is 0.491 e. The maximum atomic E-state index is 13.5. The van der Waals surface area contributed by atoms with Crippen LogP contribution in [-0.2, 0) is 9.59 Å². The third-order valence-electron chi connectivity index (χ3n) is 5.71. The molecule has 1 unspecified atom stereocenters. The fourth-order valence-electron chi connectivity index (χ4n) is 3.68. The topological polar surface area (TPSA) is 165 Å². The molecule has 0 aliphatic carbocycles. The van der Waals surface area contributed by atoms with Crippen LogP contribution < -0.4 is 36.1 Å². The van der Waals surface area contributed by atoms with Crippen LogP contribution in [0.5, 0.6) is 17.2 Å². The molecule has 1 atom stereocenters. The average Bonchev–Trinajstić information content (AvgIpc) is 3.00. The lowest BCUT2D eigenvalue weighted by Crippen LogP contribution is -2.45. The number of hydrogen-bond acceptors (Lipinski definition) is 8. The van der Waals surface area contributed by atoms with E-state index in [1.165, 1.54) is 48.6 Å². The van der Waals surface area contributed by atoms with Crippen LogP contribution in [0.4, 0.5) is 18.9 Å². The van der Waals surface area contributed by atoms with Gasteiger partial charge < -0.3 is 25.3 Å². The molecule has 6 N–H and O–H groups in total. The molecule has 0 aromatic heterocycles. The highest BCUT2D eigenvalue weighted by Crippen LogP contribution is 2.33. The van der Waals surface area contributed by atoms with Gasteiger partial charge in [-0.15, -0.1) is 0 Å². The Labute approximate surface area is 260 Å². The van der Waals surface area contributed by atoms with E-state index in [0.717, 1.165) is 12.1 Å². The molecule has 0 fully saturated rings. The van der Waals surface area contributed by atoms with E-state index in [4.69, 9.17) is 32.2 Å². The van der Waals surface area contributed by atoms with Crippen molar-refractivity contribution in [3.8, 4) is 17.2 Å². The van der Waals surface area contributed by atoms with Crippen molar-refractivity contribution < 1.29 is 41.8 Å². The highest BCUT2D eigenvalue weighted by Gasteiger charge is 2.42. The van der Waals surface area contributed by atoms with Crippen LogP contribution >= 0.6 is 11.6 Å². The molecule has 0 aliphatic rings. The van der Waals surface area contributed by atoms with Crippen molar-refractivity contribution in [2.45, 2.75) is 12.2 Å². The highest BCUT2D eigenvalue weighted by atomic mass is 35.5. The molecule has 2 amide bonds. The second kappa shape index (κ2) is 15.3. The van der Waals surface area contributed by atoms with Crippen LogP contribution in [0.15, 0.2) is 86.0 Å². The van der Waals surface area contributed by atoms with Crippen molar-refractivity contribution >= 4 is 40.9 Å². The number of esters is 1. The number of nitrogen functional groups attached to an aromatic ring is 1. The van der Waals surface area contributed by atoms with E-state index in [9.17, 15) is 27.6 Å². The molecule has 0 bridgehead atoms. The number of anilines is 1. The molecule has 0 saturated carbocycles. The van der Waals surface area contributed by atoms with Gasteiger partial charge in [0.05, 0.1) is 16.1 Å². The summed E-state index contributed by atoms with van der Waals surface area (Å²) in [6.07, 6.45) is -2.34. The largest absolute Gasteiger partial charge is 0.491 e. The average molecular weight is 646 g/mol. The summed E-state index contributed by atoms with van der Waals surface area (Å²) in [7, 11) is 0. The lowest BCUT2D eigenvalue weighted by atomic mass is 10.0. The van der Waals surface area contributed by atoms with Gasteiger partial charge in [-0.05, 0) is 42.0 Å². The van der Waals surface area contributed by atoms with Gasteiger partial charge in [-0.3, -0.25) is 25.8 Å². The maximum absolute atomic E-state index is 13.5. The van der Waals surface area contributed by atoms with E-state index in [1.54, 1.807) is 12.1 Å². The third-order valence-corrected chi connectivity index (χ3v) is 6.04. The van der Waals surface area contributed by atoms with Crippen LogP contribution in [0.3, 0.4) is 0 Å². The number of benzene rings is 3. The molecule has 0 radical (unpaired) electrons. The lowest BCUT2D eigenvalue weighted by molar-refractivity contribution is -0.189. The minimum absolute atomic E-state index is 0.0249. The van der Waals surface area contributed by atoms with Crippen molar-refractivity contribution in [2.24, 2.45) is 5.73 Å². The van der Waals surface area contributed by atoms with Crippen molar-refractivity contribution in [1.29, 1.82) is 5.41 Å². The first-order valence-electron chi connectivity index (χ1n) is 12.9. The molecule has 0 saturated heterocycles. The molecule has 45 heavy (non-hydrogen) atoms. The number of ether oxygens (including phenoxy) is 3. The summed E-state index contributed by atoms with van der Waals surface area (Å²) in [6.45, 7) is 7.42. The number of carbonyl (C=O) groups is 3. The van der Waals surface area contributed by atoms with E-state index in [2.05, 4.69) is 34.1 Å². The van der Waals surface area contributed by atoms with Gasteiger partial charge in [0.2, 0.25) is 0 Å². The molecule has 15 heteroatoms. The Morgan fingerprint density at radius 1 is 0.911 bits per heavy atom. The number of alkyl halides is 3. The van der Waals surface area contributed by atoms with Crippen LogP contribution in [0, 0.1) is 5.41 Å². The first-order chi connectivity index (χ1) is 21.3. The summed E-state index contributed by atoms with van der Waals surface area (Å²) in [5, 5.41) is 10.6. The first kappa shape index (κ1) is 34.0. The number of hydrogen-bond donors (Lipinski definition) is 5. The van der Waals surface area contributed by atoms with Gasteiger partial charge in [0.25, 0.3) is 11.8 Å². The van der Waals surface area contributed by atoms with Crippen LogP contribution in [0.2, 0.25) is 5.02 Å². The molecule has 3 aromatic carbocycles. The standard InChI is InChI=1S/C30H27ClF3N5O6/c1-3-13-43-22-12-9-17(15-24(22)44-14-4-2)25(28(41)39-38-27(40)19-7-5-6-8-21(19)31)37-18-10-11-20(26(35)36)23(16-18)45-29(42)30(32,33)34/h3-12,15-16,25,37H,1-2,13-14H2,(H3,35,36)(H,38,40)(H,39,41). The Morgan fingerprint density at radius 3 is 2.20 bits per heavy atom. The number of amidine groups is 1. The van der Waals surface area contributed by atoms with Crippen molar-refractivity contribution in [3.63, 3.8) is 0 Å². The quantitative estimate of drug-likeness (QED) is 0.0440. The number of hydrazine groups is 1. The zero-order valence-corrected chi connectivity index (χ0v) is 24.1. The van der Waals surface area contributed by atoms with Crippen molar-refractivity contribution in [1.82, 2.24) is 10.9 Å². The highest BCUT2D eigenvalue weighted by molar-refractivity contribution is 6.33. The van der Waals surface area contributed by atoms with Gasteiger partial charge in [0.15, 0.2) is 11.5 Å². The van der Waals surface area contributed by atoms with Crippen molar-refractivity contribution in [2.75, 3.05) is 18.5 Å². The summed E-state index contributed by atoms with van der Waals surface area (Å²) >= 11 is 6.07. The van der Waals surface area contributed by atoms with E-state index >= 15 is 0 Å². The molecule has 3 aromatic rings. The predicted octanol–water partition coefficient (Wildman–Crippen LogP) is 4.84. The van der Waals surface area contributed by atoms with Gasteiger partial charge in [-0.25, -0.2) is 4.79 Å². The summed E-state index contributed by atoms with van der Waals surface area (Å²) < 4.78 is 54.6. The Bertz CT molecular complexity index is 1620. The summed E-state index contributed by atoms with van der Waals surface area (Å²) in [5.41, 5.74) is 9.99. The second-order valence-electron chi connectivity index (χ2n) is 8.92. The molecule has 236 valence electrons. The second-order valence-corrected chi connectivity index (χ2v) is 9.33. The van der Waals surface area contributed by atoms with Crippen molar-refractivity contribution in [3.05, 3.63) is 108 Å². The van der Waals surface area contributed by atoms with Crippen LogP contribution in [-0.4, -0.2) is 43.0 Å². The summed E-state index contributed by atoms with van der Waals surface area (Å²) in [5.74, 6) is -4.97. The molecule has 0 heterocycles. The van der Waals surface area contributed by atoms with Gasteiger partial charge in [-0.2, -0.15) is 13.2 Å². The molecule has 11 nitrogen and oxygen atoms in total. The van der Waals surface area contributed by atoms with E-state index < -0.39 is 41.6 Å². The number of nitrogens with two attached hydrogens (primary N) is 1. The smallest absolute Gasteiger partial charge is 0.486 e. The lowest BCUT2D eigenvalue weighted by Gasteiger charge is -2.22. The van der Waals surface area contributed by atoms with E-state index in [1.807, 2.05) is 0 Å². The monoisotopic (exact) mass is 645 g/mol. The zero-order chi connectivity index (χ0) is 33.1. The zero-order valence-electron chi connectivity index (χ0n) is 23.4. The minimum atomic E-state index is -5.34. The number of rotatable bonds is 13. The SMILES string of the molecule is C=CCOc1ccc(C(Nc2ccc(C(=N)N)c(OC(=O)C(F)(F)F)c2)C(=O)NNC(=O)c2ccccc2Cl)cc1OCC=C. The molecule has 3 rings (SSSR count). The Morgan fingerprint density at radius 2 is 1.58 bits per heavy atom. The number of halogens is 4. The molecular formula is C30H27ClF3N5O6. The van der Waals surface area contributed by atoms with Gasteiger partial charge in [0.1, 0.15) is 30.8 Å². The summed E-state index contributed by atoms with van der Waals surface area (Å²) in [6, 6.07) is 12.6. The minimum Gasteiger partial charge on any atom is -0.486 e. The molecular weight excluding hydrogens is 619 g/mol. The van der Waals surface area contributed by atoms with Crippen LogP contribution in [0.25, 0.3) is 0 Å². The van der Waals surface area contributed by atoms with E-state index in [0.29, 0.717) is 5.75 Å². The number of carbonyl (C=O) groups excluding carboxylic acids is 3. The van der Waals surface area contributed by atoms with E-state index in [-0.39, 0.29) is 46.4 Å².